The highest BCUT2D eigenvalue weighted by Crippen LogP contribution is 2.26. The van der Waals surface area contributed by atoms with E-state index in [-0.39, 0.29) is 17.6 Å². The standard InChI is InChI=1S/C20H23N3O4/c1-3-22-13-17-7-5-4-6-16(17)12-18(22)23(27-2)20(25)15-10-8-14(9-11-15)19(24)21-26/h4-11,18,26H,3,12-13H2,1-2H3,(H,21,24). The Labute approximate surface area is 158 Å². The average Bonchev–Trinajstić information content (AvgIpc) is 2.73. The quantitative estimate of drug-likeness (QED) is 0.624. The van der Waals surface area contributed by atoms with Gasteiger partial charge in [-0.2, -0.15) is 5.06 Å². The van der Waals surface area contributed by atoms with Crippen LogP contribution in [0.3, 0.4) is 0 Å². The van der Waals surface area contributed by atoms with Gasteiger partial charge in [0.1, 0.15) is 6.17 Å². The summed E-state index contributed by atoms with van der Waals surface area (Å²) in [5, 5.41) is 10.1. The van der Waals surface area contributed by atoms with E-state index in [1.165, 1.54) is 35.4 Å². The Hall–Kier alpha value is -2.74. The van der Waals surface area contributed by atoms with Crippen molar-refractivity contribution in [3.05, 3.63) is 70.8 Å². The first kappa shape index (κ1) is 19.0. The lowest BCUT2D eigenvalue weighted by atomic mass is 9.97. The number of carbonyl (C=O) groups excluding carboxylic acids is 2. The maximum absolute atomic E-state index is 13.0. The van der Waals surface area contributed by atoms with Crippen LogP contribution in [0.5, 0.6) is 0 Å². The first-order valence-electron chi connectivity index (χ1n) is 8.82. The Balaban J connectivity index is 1.85. The second-order valence-corrected chi connectivity index (χ2v) is 6.35. The van der Waals surface area contributed by atoms with Gasteiger partial charge in [0.05, 0.1) is 7.11 Å². The summed E-state index contributed by atoms with van der Waals surface area (Å²) >= 11 is 0. The third-order valence-corrected chi connectivity index (χ3v) is 4.89. The lowest BCUT2D eigenvalue weighted by Crippen LogP contribution is -2.53. The molecule has 2 amide bonds. The summed E-state index contributed by atoms with van der Waals surface area (Å²) in [6.07, 6.45) is 0.456. The van der Waals surface area contributed by atoms with Crippen LogP contribution in [0.1, 0.15) is 38.8 Å². The number of likely N-dealkylation sites (N-methyl/N-ethyl adjacent to an activating group) is 1. The lowest BCUT2D eigenvalue weighted by Gasteiger charge is -2.41. The van der Waals surface area contributed by atoms with Crippen molar-refractivity contribution in [1.29, 1.82) is 0 Å². The van der Waals surface area contributed by atoms with Crippen molar-refractivity contribution < 1.29 is 19.6 Å². The van der Waals surface area contributed by atoms with Crippen LogP contribution < -0.4 is 5.48 Å². The molecule has 7 heteroatoms. The van der Waals surface area contributed by atoms with Crippen molar-refractivity contribution in [2.45, 2.75) is 26.1 Å². The van der Waals surface area contributed by atoms with Gasteiger partial charge in [-0.1, -0.05) is 31.2 Å². The van der Waals surface area contributed by atoms with Crippen LogP contribution in [0.4, 0.5) is 0 Å². The average molecular weight is 369 g/mol. The zero-order valence-electron chi connectivity index (χ0n) is 15.4. The Morgan fingerprint density at radius 2 is 1.78 bits per heavy atom. The Bertz CT molecular complexity index is 822. The van der Waals surface area contributed by atoms with E-state index in [9.17, 15) is 9.59 Å². The van der Waals surface area contributed by atoms with Crippen molar-refractivity contribution in [2.75, 3.05) is 13.7 Å². The van der Waals surface area contributed by atoms with Crippen LogP contribution in [0.25, 0.3) is 0 Å². The number of amides is 2. The van der Waals surface area contributed by atoms with Crippen molar-refractivity contribution in [1.82, 2.24) is 15.4 Å². The number of hydrogen-bond acceptors (Lipinski definition) is 5. The second kappa shape index (κ2) is 8.30. The number of hydroxylamine groups is 3. The van der Waals surface area contributed by atoms with Crippen molar-refractivity contribution >= 4 is 11.8 Å². The monoisotopic (exact) mass is 369 g/mol. The minimum atomic E-state index is -0.626. The van der Waals surface area contributed by atoms with Crippen molar-refractivity contribution in [3.8, 4) is 0 Å². The highest BCUT2D eigenvalue weighted by atomic mass is 16.7. The molecule has 0 spiro atoms. The van der Waals surface area contributed by atoms with E-state index < -0.39 is 5.91 Å². The Morgan fingerprint density at radius 3 is 2.37 bits per heavy atom. The van der Waals surface area contributed by atoms with Gasteiger partial charge in [-0.25, -0.2) is 5.48 Å². The molecule has 0 aromatic heterocycles. The van der Waals surface area contributed by atoms with Crippen LogP contribution >= 0.6 is 0 Å². The topological polar surface area (TPSA) is 82.1 Å². The number of nitrogens with zero attached hydrogens (tertiary/aromatic N) is 2. The van der Waals surface area contributed by atoms with E-state index in [1.54, 1.807) is 17.6 Å². The third kappa shape index (κ3) is 3.85. The van der Waals surface area contributed by atoms with E-state index in [0.717, 1.165) is 13.1 Å². The number of benzene rings is 2. The van der Waals surface area contributed by atoms with Crippen molar-refractivity contribution in [3.63, 3.8) is 0 Å². The largest absolute Gasteiger partial charge is 0.288 e. The summed E-state index contributed by atoms with van der Waals surface area (Å²) in [6.45, 7) is 3.59. The minimum Gasteiger partial charge on any atom is -0.288 e. The van der Waals surface area contributed by atoms with E-state index >= 15 is 0 Å². The van der Waals surface area contributed by atoms with Crippen LogP contribution in [0.2, 0.25) is 0 Å². The van der Waals surface area contributed by atoms with Crippen LogP contribution in [0, 0.1) is 0 Å². The van der Waals surface area contributed by atoms with Gasteiger partial charge in [0.15, 0.2) is 0 Å². The summed E-state index contributed by atoms with van der Waals surface area (Å²) in [6, 6.07) is 14.3. The van der Waals surface area contributed by atoms with Gasteiger partial charge in [0, 0.05) is 24.1 Å². The molecule has 1 heterocycles. The molecule has 1 aliphatic rings. The molecule has 1 unspecified atom stereocenters. The van der Waals surface area contributed by atoms with E-state index in [4.69, 9.17) is 10.0 Å². The first-order valence-corrected chi connectivity index (χ1v) is 8.82. The second-order valence-electron chi connectivity index (χ2n) is 6.35. The van der Waals surface area contributed by atoms with Gasteiger partial charge in [0.25, 0.3) is 11.8 Å². The predicted octanol–water partition coefficient (Wildman–Crippen LogP) is 2.21. The summed E-state index contributed by atoms with van der Waals surface area (Å²) in [4.78, 5) is 32.1. The van der Waals surface area contributed by atoms with Crippen LogP contribution in [-0.4, -0.2) is 46.8 Å². The molecule has 2 aromatic carbocycles. The maximum Gasteiger partial charge on any atom is 0.278 e. The van der Waals surface area contributed by atoms with Crippen LogP contribution in [0.15, 0.2) is 48.5 Å². The van der Waals surface area contributed by atoms with E-state index in [2.05, 4.69) is 24.0 Å². The summed E-state index contributed by atoms with van der Waals surface area (Å²) in [5.41, 5.74) is 4.71. The molecule has 0 aliphatic carbocycles. The van der Waals surface area contributed by atoms with E-state index in [0.29, 0.717) is 12.0 Å². The Morgan fingerprint density at radius 1 is 1.15 bits per heavy atom. The molecule has 3 rings (SSSR count). The van der Waals surface area contributed by atoms with Gasteiger partial charge in [-0.15, -0.1) is 0 Å². The highest BCUT2D eigenvalue weighted by molar-refractivity contribution is 5.97. The number of nitrogens with one attached hydrogen (secondary N) is 1. The minimum absolute atomic E-state index is 0.220. The maximum atomic E-state index is 13.0. The number of fused-ring (bicyclic) bond motifs is 1. The Kier molecular flexibility index (Phi) is 5.85. The molecule has 1 atom stereocenters. The zero-order chi connectivity index (χ0) is 19.4. The molecular formula is C20H23N3O4. The molecule has 0 saturated carbocycles. The molecule has 0 saturated heterocycles. The fraction of sp³-hybridized carbons (Fsp3) is 0.300. The molecule has 1 aliphatic heterocycles. The summed E-state index contributed by atoms with van der Waals surface area (Å²) in [5.74, 6) is -0.907. The van der Waals surface area contributed by atoms with Crippen LogP contribution in [-0.2, 0) is 17.8 Å². The molecular weight excluding hydrogens is 346 g/mol. The van der Waals surface area contributed by atoms with Gasteiger partial charge in [0.2, 0.25) is 0 Å². The molecule has 2 aromatic rings. The molecule has 27 heavy (non-hydrogen) atoms. The van der Waals surface area contributed by atoms with E-state index in [1.807, 2.05) is 12.1 Å². The number of carbonyl (C=O) groups is 2. The molecule has 0 bridgehead atoms. The van der Waals surface area contributed by atoms with Gasteiger partial charge < -0.3 is 0 Å². The molecule has 0 radical (unpaired) electrons. The zero-order valence-corrected chi connectivity index (χ0v) is 15.4. The fourth-order valence-corrected chi connectivity index (χ4v) is 3.41. The summed E-state index contributed by atoms with van der Waals surface area (Å²) < 4.78 is 0. The lowest BCUT2D eigenvalue weighted by molar-refractivity contribution is -0.165. The molecule has 2 N–H and O–H groups in total. The van der Waals surface area contributed by atoms with Gasteiger partial charge >= 0.3 is 0 Å². The fourth-order valence-electron chi connectivity index (χ4n) is 3.41. The number of hydrogen-bond donors (Lipinski definition) is 2. The third-order valence-electron chi connectivity index (χ3n) is 4.89. The number of rotatable bonds is 5. The van der Waals surface area contributed by atoms with Gasteiger partial charge in [-0.05, 0) is 41.9 Å². The highest BCUT2D eigenvalue weighted by Gasteiger charge is 2.33. The van der Waals surface area contributed by atoms with Gasteiger partial charge in [-0.3, -0.25) is 24.5 Å². The smallest absolute Gasteiger partial charge is 0.278 e. The molecule has 0 fully saturated rings. The summed E-state index contributed by atoms with van der Waals surface area (Å²) in [7, 11) is 1.49. The molecule has 142 valence electrons. The van der Waals surface area contributed by atoms with Crippen molar-refractivity contribution in [2.24, 2.45) is 0 Å². The predicted molar refractivity (Wildman–Crippen MR) is 98.9 cm³/mol. The SMILES string of the molecule is CCN1Cc2ccccc2CC1N(OC)C(=O)c1ccc(C(=O)NO)cc1. The normalized spacial score (nSPS) is 16.5. The molecule has 7 nitrogen and oxygen atoms in total. The first-order chi connectivity index (χ1) is 13.1.